The Balaban J connectivity index is 1.89. The van der Waals surface area contributed by atoms with Crippen molar-refractivity contribution in [3.63, 3.8) is 0 Å². The van der Waals surface area contributed by atoms with Crippen LogP contribution in [0.2, 0.25) is 0 Å². The summed E-state index contributed by atoms with van der Waals surface area (Å²) in [5.41, 5.74) is 1.94. The highest BCUT2D eigenvalue weighted by molar-refractivity contribution is 5.98. The Bertz CT molecular complexity index is 963. The van der Waals surface area contributed by atoms with Gasteiger partial charge in [0.2, 0.25) is 11.8 Å². The number of fused-ring (bicyclic) bond motifs is 1. The lowest BCUT2D eigenvalue weighted by atomic mass is 10.0. The maximum Gasteiger partial charge on any atom is 0.326 e. The molecular formula is C24H27FN2O5. The molecule has 2 aromatic carbocycles. The summed E-state index contributed by atoms with van der Waals surface area (Å²) in [6.07, 6.45) is -0.378. The van der Waals surface area contributed by atoms with E-state index >= 15 is 0 Å². The molecule has 0 spiro atoms. The van der Waals surface area contributed by atoms with E-state index in [1.807, 2.05) is 12.1 Å². The van der Waals surface area contributed by atoms with Gasteiger partial charge >= 0.3 is 5.97 Å². The third-order valence-electron chi connectivity index (χ3n) is 5.36. The monoisotopic (exact) mass is 442 g/mol. The van der Waals surface area contributed by atoms with E-state index in [0.29, 0.717) is 16.8 Å². The number of hydrogen-bond acceptors (Lipinski definition) is 5. The van der Waals surface area contributed by atoms with Crippen molar-refractivity contribution in [3.05, 3.63) is 65.5 Å². The van der Waals surface area contributed by atoms with E-state index in [1.54, 1.807) is 43.2 Å². The summed E-state index contributed by atoms with van der Waals surface area (Å²) >= 11 is 0. The van der Waals surface area contributed by atoms with Crippen molar-refractivity contribution in [2.24, 2.45) is 0 Å². The zero-order valence-electron chi connectivity index (χ0n) is 18.3. The summed E-state index contributed by atoms with van der Waals surface area (Å²) in [5, 5.41) is 0. The summed E-state index contributed by atoms with van der Waals surface area (Å²) in [6.45, 7) is 2.12. The predicted molar refractivity (Wildman–Crippen MR) is 116 cm³/mol. The highest BCUT2D eigenvalue weighted by Gasteiger charge is 2.30. The van der Waals surface area contributed by atoms with E-state index in [4.69, 9.17) is 9.47 Å². The van der Waals surface area contributed by atoms with E-state index in [1.165, 1.54) is 17.0 Å². The van der Waals surface area contributed by atoms with Crippen molar-refractivity contribution in [1.29, 1.82) is 0 Å². The Morgan fingerprint density at radius 2 is 1.84 bits per heavy atom. The molecule has 0 aliphatic carbocycles. The second kappa shape index (κ2) is 10.9. The number of methoxy groups -OCH3 is 1. The maximum atomic E-state index is 13.2. The van der Waals surface area contributed by atoms with Crippen LogP contribution in [0, 0.1) is 5.82 Å². The molecule has 1 heterocycles. The van der Waals surface area contributed by atoms with E-state index in [-0.39, 0.29) is 56.7 Å². The number of ether oxygens (including phenoxy) is 2. The van der Waals surface area contributed by atoms with Gasteiger partial charge in [-0.25, -0.2) is 4.39 Å². The maximum absolute atomic E-state index is 13.2. The van der Waals surface area contributed by atoms with Gasteiger partial charge in [0.05, 0.1) is 25.3 Å². The Morgan fingerprint density at radius 1 is 1.12 bits per heavy atom. The molecule has 1 unspecified atom stereocenters. The summed E-state index contributed by atoms with van der Waals surface area (Å²) in [4.78, 5) is 41.3. The summed E-state index contributed by atoms with van der Waals surface area (Å²) < 4.78 is 23.9. The van der Waals surface area contributed by atoms with Crippen molar-refractivity contribution in [3.8, 4) is 0 Å². The SMILES string of the molecule is CCOC(=O)CN1C(=O)CCN(C(=O)Cc2ccc(F)cc2)CC(OC)c2ccccc21. The third-order valence-corrected chi connectivity index (χ3v) is 5.36. The van der Waals surface area contributed by atoms with Crippen LogP contribution < -0.4 is 4.90 Å². The first-order chi connectivity index (χ1) is 15.4. The fourth-order valence-electron chi connectivity index (χ4n) is 3.72. The first kappa shape index (κ1) is 23.4. The lowest BCUT2D eigenvalue weighted by Crippen LogP contribution is -2.39. The molecule has 1 atom stereocenters. The minimum absolute atomic E-state index is 0.0410. The van der Waals surface area contributed by atoms with E-state index in [9.17, 15) is 18.8 Å². The fraction of sp³-hybridized carbons (Fsp3) is 0.375. The van der Waals surface area contributed by atoms with Crippen molar-refractivity contribution in [1.82, 2.24) is 4.90 Å². The van der Waals surface area contributed by atoms with E-state index < -0.39 is 12.1 Å². The average molecular weight is 442 g/mol. The molecule has 0 aromatic heterocycles. The fourth-order valence-corrected chi connectivity index (χ4v) is 3.72. The van der Waals surface area contributed by atoms with Gasteiger partial charge in [-0.3, -0.25) is 14.4 Å². The molecule has 0 bridgehead atoms. The van der Waals surface area contributed by atoms with Crippen molar-refractivity contribution < 1.29 is 28.2 Å². The third kappa shape index (κ3) is 5.70. The molecule has 0 saturated carbocycles. The zero-order valence-corrected chi connectivity index (χ0v) is 18.3. The first-order valence-corrected chi connectivity index (χ1v) is 10.5. The molecule has 1 aliphatic rings. The number of hydrogen-bond donors (Lipinski definition) is 0. The number of carbonyl (C=O) groups is 3. The second-order valence-electron chi connectivity index (χ2n) is 7.46. The number of benzene rings is 2. The van der Waals surface area contributed by atoms with Crippen LogP contribution in [-0.4, -0.2) is 56.0 Å². The van der Waals surface area contributed by atoms with Crippen molar-refractivity contribution in [2.75, 3.05) is 38.3 Å². The second-order valence-corrected chi connectivity index (χ2v) is 7.46. The molecule has 0 radical (unpaired) electrons. The Hall–Kier alpha value is -3.26. The van der Waals surface area contributed by atoms with Crippen molar-refractivity contribution in [2.45, 2.75) is 25.9 Å². The number of para-hydroxylation sites is 1. The number of rotatable bonds is 6. The number of esters is 1. The zero-order chi connectivity index (χ0) is 23.1. The lowest BCUT2D eigenvalue weighted by Gasteiger charge is -2.27. The number of anilines is 1. The minimum Gasteiger partial charge on any atom is -0.465 e. The van der Waals surface area contributed by atoms with E-state index in [2.05, 4.69) is 0 Å². The predicted octanol–water partition coefficient (Wildman–Crippen LogP) is 2.88. The van der Waals surface area contributed by atoms with Crippen LogP contribution in [0.1, 0.15) is 30.6 Å². The minimum atomic E-state index is -0.506. The van der Waals surface area contributed by atoms with Crippen LogP contribution in [0.25, 0.3) is 0 Å². The lowest BCUT2D eigenvalue weighted by molar-refractivity contribution is -0.142. The Morgan fingerprint density at radius 3 is 2.53 bits per heavy atom. The molecule has 1 aliphatic heterocycles. The van der Waals surface area contributed by atoms with Gasteiger partial charge in [-0.15, -0.1) is 0 Å². The van der Waals surface area contributed by atoms with Gasteiger partial charge in [0, 0.05) is 25.6 Å². The molecular weight excluding hydrogens is 415 g/mol. The smallest absolute Gasteiger partial charge is 0.326 e. The Labute approximate surface area is 186 Å². The summed E-state index contributed by atoms with van der Waals surface area (Å²) in [6, 6.07) is 12.9. The average Bonchev–Trinajstić information content (AvgIpc) is 2.84. The van der Waals surface area contributed by atoms with Gasteiger partial charge in [0.25, 0.3) is 0 Å². The van der Waals surface area contributed by atoms with E-state index in [0.717, 1.165) is 0 Å². The quantitative estimate of drug-likeness (QED) is 0.643. The van der Waals surface area contributed by atoms with Crippen LogP contribution >= 0.6 is 0 Å². The van der Waals surface area contributed by atoms with Crippen LogP contribution in [0.5, 0.6) is 0 Å². The molecule has 170 valence electrons. The first-order valence-electron chi connectivity index (χ1n) is 10.5. The van der Waals surface area contributed by atoms with Crippen LogP contribution in [0.15, 0.2) is 48.5 Å². The molecule has 0 fully saturated rings. The highest BCUT2D eigenvalue weighted by atomic mass is 19.1. The molecule has 0 N–H and O–H groups in total. The number of amides is 2. The van der Waals surface area contributed by atoms with Crippen LogP contribution in [-0.2, 0) is 30.3 Å². The van der Waals surface area contributed by atoms with Gasteiger partial charge in [-0.2, -0.15) is 0 Å². The normalized spacial score (nSPS) is 16.6. The molecule has 3 rings (SSSR count). The highest BCUT2D eigenvalue weighted by Crippen LogP contribution is 2.31. The Kier molecular flexibility index (Phi) is 7.94. The molecule has 2 amide bonds. The summed E-state index contributed by atoms with van der Waals surface area (Å²) in [5.74, 6) is -1.36. The molecule has 8 heteroatoms. The van der Waals surface area contributed by atoms with Crippen molar-refractivity contribution >= 4 is 23.5 Å². The molecule has 2 aromatic rings. The van der Waals surface area contributed by atoms with Gasteiger partial charge in [-0.05, 0) is 30.7 Å². The molecule has 32 heavy (non-hydrogen) atoms. The van der Waals surface area contributed by atoms with Crippen LogP contribution in [0.3, 0.4) is 0 Å². The topological polar surface area (TPSA) is 76.2 Å². The molecule has 7 nitrogen and oxygen atoms in total. The number of carbonyl (C=O) groups excluding carboxylic acids is 3. The van der Waals surface area contributed by atoms with Gasteiger partial charge in [-0.1, -0.05) is 30.3 Å². The van der Waals surface area contributed by atoms with Crippen LogP contribution in [0.4, 0.5) is 10.1 Å². The molecule has 0 saturated heterocycles. The van der Waals surface area contributed by atoms with Gasteiger partial charge < -0.3 is 19.3 Å². The standard InChI is InChI=1S/C24H27FN2O5/c1-3-32-24(30)16-27-20-7-5-4-6-19(20)21(31-2)15-26(13-12-22(27)28)23(29)14-17-8-10-18(25)11-9-17/h4-11,21H,3,12-16H2,1-2H3. The van der Waals surface area contributed by atoms with Gasteiger partial charge in [0.1, 0.15) is 18.5 Å². The number of halogens is 1. The largest absolute Gasteiger partial charge is 0.465 e. The summed E-state index contributed by atoms with van der Waals surface area (Å²) in [7, 11) is 1.54. The number of nitrogens with zero attached hydrogens (tertiary/aromatic N) is 2. The van der Waals surface area contributed by atoms with Gasteiger partial charge in [0.15, 0.2) is 0 Å².